The Morgan fingerprint density at radius 2 is 1.95 bits per heavy atom. The van der Waals surface area contributed by atoms with Crippen LogP contribution in [0.25, 0.3) is 0 Å². The zero-order chi connectivity index (χ0) is 15.1. The summed E-state index contributed by atoms with van der Waals surface area (Å²) in [7, 11) is 0. The molecule has 2 aromatic rings. The van der Waals surface area contributed by atoms with Crippen LogP contribution in [0.3, 0.4) is 0 Å². The fourth-order valence-electron chi connectivity index (χ4n) is 2.25. The third-order valence-electron chi connectivity index (χ3n) is 3.62. The molecular formula is C18H19ClN2. The summed E-state index contributed by atoms with van der Waals surface area (Å²) in [5.41, 5.74) is 3.00. The summed E-state index contributed by atoms with van der Waals surface area (Å²) in [6, 6.07) is 18.1. The number of nitriles is 1. The van der Waals surface area contributed by atoms with E-state index in [2.05, 4.69) is 42.6 Å². The number of hydrogen-bond acceptors (Lipinski definition) is 2. The van der Waals surface area contributed by atoms with Crippen LogP contribution < -0.4 is 5.32 Å². The lowest BCUT2D eigenvalue weighted by Gasteiger charge is -2.13. The van der Waals surface area contributed by atoms with Gasteiger partial charge in [-0.1, -0.05) is 54.9 Å². The Balaban J connectivity index is 1.79. The second-order valence-corrected chi connectivity index (χ2v) is 5.60. The lowest BCUT2D eigenvalue weighted by molar-refractivity contribution is 0.594. The van der Waals surface area contributed by atoms with Crippen LogP contribution in [0.2, 0.25) is 5.02 Å². The van der Waals surface area contributed by atoms with E-state index in [0.29, 0.717) is 16.5 Å². The first kappa shape index (κ1) is 15.6. The van der Waals surface area contributed by atoms with Crippen molar-refractivity contribution < 1.29 is 0 Å². The average molecular weight is 299 g/mol. The monoisotopic (exact) mass is 298 g/mol. The van der Waals surface area contributed by atoms with Crippen molar-refractivity contribution in [3.05, 3.63) is 70.2 Å². The molecule has 0 aromatic heterocycles. The Morgan fingerprint density at radius 3 is 2.62 bits per heavy atom. The molecule has 21 heavy (non-hydrogen) atoms. The smallest absolute Gasteiger partial charge is 0.0992 e. The number of benzene rings is 2. The maximum absolute atomic E-state index is 8.81. The van der Waals surface area contributed by atoms with E-state index in [1.165, 1.54) is 5.56 Å². The molecule has 0 saturated heterocycles. The fraction of sp³-hybridized carbons (Fsp3) is 0.278. The first-order valence-electron chi connectivity index (χ1n) is 7.15. The summed E-state index contributed by atoms with van der Waals surface area (Å²) < 4.78 is 0. The van der Waals surface area contributed by atoms with Gasteiger partial charge in [0.1, 0.15) is 0 Å². The summed E-state index contributed by atoms with van der Waals surface area (Å²) in [4.78, 5) is 0. The van der Waals surface area contributed by atoms with Crippen molar-refractivity contribution in [2.24, 2.45) is 0 Å². The van der Waals surface area contributed by atoms with Crippen LogP contribution in [-0.4, -0.2) is 6.54 Å². The van der Waals surface area contributed by atoms with Crippen molar-refractivity contribution >= 4 is 11.6 Å². The Kier molecular flexibility index (Phi) is 5.80. The molecule has 1 atom stereocenters. The molecule has 0 heterocycles. The molecule has 1 N–H and O–H groups in total. The molecule has 0 radical (unpaired) electrons. The summed E-state index contributed by atoms with van der Waals surface area (Å²) in [5, 5.41) is 12.9. The van der Waals surface area contributed by atoms with Crippen molar-refractivity contribution in [2.75, 3.05) is 6.54 Å². The van der Waals surface area contributed by atoms with Gasteiger partial charge in [-0.3, -0.25) is 0 Å². The molecule has 0 bridgehead atoms. The van der Waals surface area contributed by atoms with Crippen LogP contribution in [0, 0.1) is 11.3 Å². The molecule has 108 valence electrons. The zero-order valence-corrected chi connectivity index (χ0v) is 12.9. The molecule has 2 nitrogen and oxygen atoms in total. The number of nitrogens with one attached hydrogen (secondary N) is 1. The van der Waals surface area contributed by atoms with Gasteiger partial charge in [-0.25, -0.2) is 0 Å². The van der Waals surface area contributed by atoms with Gasteiger partial charge in [0.15, 0.2) is 0 Å². The van der Waals surface area contributed by atoms with E-state index in [0.717, 1.165) is 25.1 Å². The summed E-state index contributed by atoms with van der Waals surface area (Å²) >= 11 is 6.15. The number of hydrogen-bond donors (Lipinski definition) is 1. The van der Waals surface area contributed by atoms with Crippen LogP contribution in [0.1, 0.15) is 36.0 Å². The average Bonchev–Trinajstić information content (AvgIpc) is 2.53. The van der Waals surface area contributed by atoms with Gasteiger partial charge in [0, 0.05) is 11.6 Å². The van der Waals surface area contributed by atoms with Crippen molar-refractivity contribution in [3.63, 3.8) is 0 Å². The van der Waals surface area contributed by atoms with Gasteiger partial charge in [0.2, 0.25) is 0 Å². The van der Waals surface area contributed by atoms with Gasteiger partial charge in [0.25, 0.3) is 0 Å². The standard InChI is InChI=1S/C18H19ClN2/c1-14(16-5-3-2-4-6-16)9-10-21-13-17-8-7-15(12-20)11-18(17)19/h2-8,11,14,21H,9-10,13H2,1H3. The number of rotatable bonds is 6. The second kappa shape index (κ2) is 7.83. The highest BCUT2D eigenvalue weighted by molar-refractivity contribution is 6.31. The lowest BCUT2D eigenvalue weighted by atomic mass is 9.98. The number of halogens is 1. The first-order valence-corrected chi connectivity index (χ1v) is 7.52. The quantitative estimate of drug-likeness (QED) is 0.797. The van der Waals surface area contributed by atoms with Crippen molar-refractivity contribution in [3.8, 4) is 6.07 Å². The molecule has 3 heteroatoms. The van der Waals surface area contributed by atoms with E-state index in [-0.39, 0.29) is 0 Å². The third-order valence-corrected chi connectivity index (χ3v) is 3.97. The Morgan fingerprint density at radius 1 is 1.19 bits per heavy atom. The minimum atomic E-state index is 0.537. The van der Waals surface area contributed by atoms with Crippen molar-refractivity contribution in [1.82, 2.24) is 5.32 Å². The van der Waals surface area contributed by atoms with Gasteiger partial charge in [0.05, 0.1) is 11.6 Å². The highest BCUT2D eigenvalue weighted by atomic mass is 35.5. The molecule has 1 unspecified atom stereocenters. The minimum absolute atomic E-state index is 0.537. The highest BCUT2D eigenvalue weighted by Gasteiger charge is 2.05. The molecule has 0 fully saturated rings. The van der Waals surface area contributed by atoms with E-state index in [4.69, 9.17) is 16.9 Å². The van der Waals surface area contributed by atoms with Gasteiger partial charge < -0.3 is 5.32 Å². The van der Waals surface area contributed by atoms with Gasteiger partial charge in [-0.05, 0) is 42.1 Å². The highest BCUT2D eigenvalue weighted by Crippen LogP contribution is 2.19. The van der Waals surface area contributed by atoms with E-state index in [9.17, 15) is 0 Å². The van der Waals surface area contributed by atoms with E-state index in [1.807, 2.05) is 12.1 Å². The topological polar surface area (TPSA) is 35.8 Å². The van der Waals surface area contributed by atoms with Crippen molar-refractivity contribution in [1.29, 1.82) is 5.26 Å². The maximum Gasteiger partial charge on any atom is 0.0992 e. The predicted molar refractivity (Wildman–Crippen MR) is 87.3 cm³/mol. The van der Waals surface area contributed by atoms with E-state index >= 15 is 0 Å². The summed E-state index contributed by atoms with van der Waals surface area (Å²) in [6.45, 7) is 3.91. The zero-order valence-electron chi connectivity index (χ0n) is 12.1. The first-order chi connectivity index (χ1) is 10.2. The fourth-order valence-corrected chi connectivity index (χ4v) is 2.50. The Bertz CT molecular complexity index is 617. The van der Waals surface area contributed by atoms with Crippen LogP contribution >= 0.6 is 11.6 Å². The third kappa shape index (κ3) is 4.60. The van der Waals surface area contributed by atoms with Gasteiger partial charge in [-0.15, -0.1) is 0 Å². The molecule has 0 spiro atoms. The molecular weight excluding hydrogens is 280 g/mol. The van der Waals surface area contributed by atoms with Crippen LogP contribution in [0.15, 0.2) is 48.5 Å². The second-order valence-electron chi connectivity index (χ2n) is 5.20. The van der Waals surface area contributed by atoms with Gasteiger partial charge in [-0.2, -0.15) is 5.26 Å². The minimum Gasteiger partial charge on any atom is -0.313 e. The van der Waals surface area contributed by atoms with E-state index in [1.54, 1.807) is 12.1 Å². The van der Waals surface area contributed by atoms with Crippen LogP contribution in [-0.2, 0) is 6.54 Å². The molecule has 0 aliphatic rings. The lowest BCUT2D eigenvalue weighted by Crippen LogP contribution is -2.16. The largest absolute Gasteiger partial charge is 0.313 e. The SMILES string of the molecule is CC(CCNCc1ccc(C#N)cc1Cl)c1ccccc1. The molecule has 0 aliphatic heterocycles. The van der Waals surface area contributed by atoms with E-state index < -0.39 is 0 Å². The van der Waals surface area contributed by atoms with Crippen LogP contribution in [0.4, 0.5) is 0 Å². The maximum atomic E-state index is 8.81. The summed E-state index contributed by atoms with van der Waals surface area (Å²) in [5.74, 6) is 0.537. The molecule has 2 aromatic carbocycles. The molecule has 0 aliphatic carbocycles. The summed E-state index contributed by atoms with van der Waals surface area (Å²) in [6.07, 6.45) is 1.08. The van der Waals surface area contributed by atoms with Crippen molar-refractivity contribution in [2.45, 2.75) is 25.8 Å². The molecule has 2 rings (SSSR count). The van der Waals surface area contributed by atoms with Gasteiger partial charge >= 0.3 is 0 Å². The Hall–Kier alpha value is -1.82. The number of nitrogens with zero attached hydrogens (tertiary/aromatic N) is 1. The molecule has 0 saturated carbocycles. The predicted octanol–water partition coefficient (Wildman–Crippen LogP) is 4.50. The molecule has 0 amide bonds. The Labute approximate surface area is 131 Å². The van der Waals surface area contributed by atoms with Crippen LogP contribution in [0.5, 0.6) is 0 Å². The normalized spacial score (nSPS) is 11.9.